The number of carbonyl (C=O) groups excluding carboxylic acids is 1. The molecule has 1 amide bonds. The van der Waals surface area contributed by atoms with E-state index in [0.717, 1.165) is 24.2 Å². The molecule has 190 valence electrons. The quantitative estimate of drug-likeness (QED) is 0.468. The molecule has 2 aromatic heterocycles. The second-order valence-corrected chi connectivity index (χ2v) is 12.7. The summed E-state index contributed by atoms with van der Waals surface area (Å²) in [7, 11) is -2.62. The number of nitrogens with zero attached hydrogens (tertiary/aromatic N) is 5. The van der Waals surface area contributed by atoms with Crippen molar-refractivity contribution in [3.63, 3.8) is 0 Å². The van der Waals surface area contributed by atoms with Gasteiger partial charge in [-0.1, -0.05) is 18.2 Å². The van der Waals surface area contributed by atoms with E-state index in [1.165, 1.54) is 0 Å². The minimum atomic E-state index is -2.62. The van der Waals surface area contributed by atoms with Crippen LogP contribution in [0.15, 0.2) is 35.1 Å². The topological polar surface area (TPSA) is 149 Å². The summed E-state index contributed by atoms with van der Waals surface area (Å²) in [5, 5.41) is 9.56. The number of benzene rings is 1. The molecule has 2 fully saturated rings. The fourth-order valence-electron chi connectivity index (χ4n) is 4.70. The number of anilines is 1. The molecule has 4 heterocycles. The molecule has 1 unspecified atom stereocenters. The summed E-state index contributed by atoms with van der Waals surface area (Å²) >= 11 is 1.10. The van der Waals surface area contributed by atoms with Crippen LogP contribution in [0.5, 0.6) is 0 Å². The highest BCUT2D eigenvalue weighted by atomic mass is 32.3. The van der Waals surface area contributed by atoms with Gasteiger partial charge >= 0.3 is 0 Å². The van der Waals surface area contributed by atoms with Gasteiger partial charge in [-0.3, -0.25) is 23.3 Å². The molecule has 0 radical (unpaired) electrons. The van der Waals surface area contributed by atoms with E-state index in [4.69, 9.17) is 10.7 Å². The molecule has 1 atom stereocenters. The van der Waals surface area contributed by atoms with Crippen LogP contribution in [0, 0.1) is 11.3 Å². The Morgan fingerprint density at radius 1 is 1.25 bits per heavy atom. The number of piperidine rings is 1. The number of hydrogen-bond donors (Lipinski definition) is 3. The van der Waals surface area contributed by atoms with Crippen molar-refractivity contribution in [1.29, 1.82) is 5.26 Å². The first-order valence-electron chi connectivity index (χ1n) is 11.8. The molecule has 2 aliphatic heterocycles. The summed E-state index contributed by atoms with van der Waals surface area (Å²) in [4.78, 5) is 35.8. The van der Waals surface area contributed by atoms with E-state index in [9.17, 15) is 24.0 Å². The number of aromatic nitrogens is 2. The van der Waals surface area contributed by atoms with Crippen molar-refractivity contribution in [2.45, 2.75) is 25.4 Å². The van der Waals surface area contributed by atoms with Crippen LogP contribution in [0.2, 0.25) is 0 Å². The summed E-state index contributed by atoms with van der Waals surface area (Å²) in [6.45, 7) is 1.97. The number of nitrogens with two attached hydrogens (primary N) is 1. The maximum atomic E-state index is 13.8. The Kier molecular flexibility index (Phi) is 6.76. The number of amides is 1. The van der Waals surface area contributed by atoms with E-state index in [0.29, 0.717) is 45.3 Å². The average molecular weight is 529 g/mol. The van der Waals surface area contributed by atoms with Gasteiger partial charge in [0.1, 0.15) is 4.70 Å². The van der Waals surface area contributed by atoms with Crippen LogP contribution < -0.4 is 16.2 Å². The monoisotopic (exact) mass is 528 g/mol. The van der Waals surface area contributed by atoms with Crippen LogP contribution in [-0.2, 0) is 6.54 Å². The van der Waals surface area contributed by atoms with Crippen LogP contribution in [0.25, 0.3) is 10.2 Å². The van der Waals surface area contributed by atoms with Crippen molar-refractivity contribution in [2.75, 3.05) is 42.6 Å². The molecular weight excluding hydrogens is 500 g/mol. The maximum Gasteiger partial charge on any atom is 0.273 e. The summed E-state index contributed by atoms with van der Waals surface area (Å²) in [5.41, 5.74) is 7.62. The molecule has 0 saturated carbocycles. The zero-order valence-electron chi connectivity index (χ0n) is 19.7. The molecule has 12 heteroatoms. The average Bonchev–Trinajstić information content (AvgIpc) is 3.30. The largest absolute Gasteiger partial charge is 0.341 e. The first-order chi connectivity index (χ1) is 17.3. The van der Waals surface area contributed by atoms with Gasteiger partial charge in [-0.2, -0.15) is 15.9 Å². The SMILES string of the molecule is N#Cc1ccccc1Cn1c(N2CCCC(N)C2)nc2cc(C(=O)N3CCS(O)(O)CC3)sc2c1=O. The molecule has 5 rings (SSSR count). The van der Waals surface area contributed by atoms with Gasteiger partial charge in [-0.05, 0) is 30.5 Å². The van der Waals surface area contributed by atoms with Gasteiger partial charge in [0.15, 0.2) is 0 Å². The highest BCUT2D eigenvalue weighted by molar-refractivity contribution is 8.24. The normalized spacial score (nSPS) is 20.8. The Balaban J connectivity index is 1.57. The predicted molar refractivity (Wildman–Crippen MR) is 142 cm³/mol. The van der Waals surface area contributed by atoms with E-state index in [1.54, 1.807) is 27.7 Å². The van der Waals surface area contributed by atoms with Gasteiger partial charge in [-0.25, -0.2) is 4.98 Å². The highest BCUT2D eigenvalue weighted by Crippen LogP contribution is 2.40. The van der Waals surface area contributed by atoms with E-state index >= 15 is 0 Å². The van der Waals surface area contributed by atoms with Crippen LogP contribution in [0.1, 0.15) is 33.6 Å². The molecule has 10 nitrogen and oxygen atoms in total. The number of carbonyl (C=O) groups is 1. The predicted octanol–water partition coefficient (Wildman–Crippen LogP) is 2.51. The lowest BCUT2D eigenvalue weighted by Crippen LogP contribution is -2.45. The highest BCUT2D eigenvalue weighted by Gasteiger charge is 2.29. The lowest BCUT2D eigenvalue weighted by atomic mass is 10.1. The molecule has 0 spiro atoms. The Hall–Kier alpha value is -2.95. The van der Waals surface area contributed by atoms with Crippen LogP contribution in [-0.4, -0.2) is 73.2 Å². The fourth-order valence-corrected chi connectivity index (χ4v) is 6.95. The Morgan fingerprint density at radius 2 is 2.00 bits per heavy atom. The zero-order chi connectivity index (χ0) is 25.4. The summed E-state index contributed by atoms with van der Waals surface area (Å²) in [5.74, 6) is 0.563. The molecule has 4 N–H and O–H groups in total. The third kappa shape index (κ3) is 4.85. The molecule has 1 aromatic carbocycles. The minimum Gasteiger partial charge on any atom is -0.341 e. The fraction of sp³-hybridized carbons (Fsp3) is 0.417. The lowest BCUT2D eigenvalue weighted by molar-refractivity contribution is 0.0773. The molecular formula is C24H28N6O4S2. The molecule has 2 aliphatic rings. The van der Waals surface area contributed by atoms with Crippen molar-refractivity contribution >= 4 is 44.0 Å². The molecule has 3 aromatic rings. The second-order valence-electron chi connectivity index (χ2n) is 9.25. The van der Waals surface area contributed by atoms with Gasteiger partial charge < -0.3 is 15.5 Å². The van der Waals surface area contributed by atoms with Crippen molar-refractivity contribution < 1.29 is 13.9 Å². The van der Waals surface area contributed by atoms with Gasteiger partial charge in [-0.15, -0.1) is 11.3 Å². The van der Waals surface area contributed by atoms with Crippen molar-refractivity contribution in [2.24, 2.45) is 5.73 Å². The number of rotatable bonds is 4. The standard InChI is InChI=1S/C24H28N6O4S2/c25-13-16-4-1-2-5-17(16)14-30-23(32)21-19(27-24(30)29-7-3-6-18(26)15-29)12-20(35-21)22(31)28-8-10-36(33,34)11-9-28/h1-2,4-5,12,18,33-34H,3,6-11,14-15,26H2. The smallest absolute Gasteiger partial charge is 0.273 e. The van der Waals surface area contributed by atoms with E-state index < -0.39 is 10.6 Å². The Labute approximate surface area is 213 Å². The number of hydrogen-bond acceptors (Lipinski definition) is 9. The molecule has 36 heavy (non-hydrogen) atoms. The molecule has 0 bridgehead atoms. The number of nitriles is 1. The third-order valence-electron chi connectivity index (χ3n) is 6.69. The zero-order valence-corrected chi connectivity index (χ0v) is 21.3. The minimum absolute atomic E-state index is 0.0304. The van der Waals surface area contributed by atoms with Crippen molar-refractivity contribution in [1.82, 2.24) is 14.5 Å². The summed E-state index contributed by atoms with van der Waals surface area (Å²) in [6, 6.07) is 11.0. The first-order valence-corrected chi connectivity index (χ1v) is 14.5. The van der Waals surface area contributed by atoms with Crippen molar-refractivity contribution in [3.05, 3.63) is 56.7 Å². The van der Waals surface area contributed by atoms with Gasteiger partial charge in [0.05, 0.1) is 40.1 Å². The number of thiophene rings is 1. The summed E-state index contributed by atoms with van der Waals surface area (Å²) in [6.07, 6.45) is 1.78. The van der Waals surface area contributed by atoms with Gasteiger partial charge in [0.2, 0.25) is 5.95 Å². The van der Waals surface area contributed by atoms with Crippen LogP contribution in [0.4, 0.5) is 5.95 Å². The molecule has 2 saturated heterocycles. The van der Waals surface area contributed by atoms with Crippen LogP contribution in [0.3, 0.4) is 0 Å². The van der Waals surface area contributed by atoms with E-state index in [1.807, 2.05) is 17.0 Å². The lowest BCUT2D eigenvalue weighted by Gasteiger charge is -2.40. The second kappa shape index (κ2) is 9.84. The van der Waals surface area contributed by atoms with Gasteiger partial charge in [0.25, 0.3) is 11.5 Å². The van der Waals surface area contributed by atoms with Gasteiger partial charge in [0, 0.05) is 32.2 Å². The van der Waals surface area contributed by atoms with Crippen LogP contribution >= 0.6 is 21.9 Å². The molecule has 0 aliphatic carbocycles. The Bertz CT molecular complexity index is 1400. The first kappa shape index (κ1) is 24.7. The van der Waals surface area contributed by atoms with E-state index in [2.05, 4.69) is 6.07 Å². The summed E-state index contributed by atoms with van der Waals surface area (Å²) < 4.78 is 21.7. The van der Waals surface area contributed by atoms with Crippen molar-refractivity contribution in [3.8, 4) is 6.07 Å². The Morgan fingerprint density at radius 3 is 2.72 bits per heavy atom. The maximum absolute atomic E-state index is 13.8. The van der Waals surface area contributed by atoms with E-state index in [-0.39, 0.29) is 48.6 Å². The number of fused-ring (bicyclic) bond motifs is 1. The third-order valence-corrected chi connectivity index (χ3v) is 9.47.